The van der Waals surface area contributed by atoms with E-state index in [0.29, 0.717) is 0 Å². The summed E-state index contributed by atoms with van der Waals surface area (Å²) in [5.41, 5.74) is 4.90. The van der Waals surface area contributed by atoms with Crippen molar-refractivity contribution in [3.05, 3.63) is 79.3 Å². The third-order valence-corrected chi connectivity index (χ3v) is 3.89. The van der Waals surface area contributed by atoms with Crippen LogP contribution in [0.2, 0.25) is 0 Å². The highest BCUT2D eigenvalue weighted by atomic mass is 15.5. The number of hydrogen-bond donors (Lipinski definition) is 0. The molecule has 0 amide bonds. The number of rotatable bonds is 2. The number of aromatic nitrogens is 3. The van der Waals surface area contributed by atoms with Crippen LogP contribution in [0.1, 0.15) is 0 Å². The lowest BCUT2D eigenvalue weighted by atomic mass is 10.0. The summed E-state index contributed by atoms with van der Waals surface area (Å²) >= 11 is 0. The summed E-state index contributed by atoms with van der Waals surface area (Å²) in [4.78, 5) is 0. The Hall–Kier alpha value is -2.81. The van der Waals surface area contributed by atoms with E-state index < -0.39 is 0 Å². The van der Waals surface area contributed by atoms with Gasteiger partial charge in [0.2, 0.25) is 0 Å². The molecule has 102 valence electrons. The topological polar surface area (TPSA) is 13.4 Å². The third-order valence-electron chi connectivity index (χ3n) is 3.89. The Labute approximate surface area is 123 Å². The van der Waals surface area contributed by atoms with Gasteiger partial charge in [0.05, 0.1) is 6.20 Å². The van der Waals surface area contributed by atoms with E-state index in [9.17, 15) is 0 Å². The lowest BCUT2D eigenvalue weighted by molar-refractivity contribution is -0.620. The average Bonchev–Trinajstić information content (AvgIpc) is 3.12. The van der Waals surface area contributed by atoms with Crippen LogP contribution in [-0.4, -0.2) is 9.31 Å². The van der Waals surface area contributed by atoms with Gasteiger partial charge in [-0.15, -0.1) is 4.52 Å². The Morgan fingerprint density at radius 1 is 0.762 bits per heavy atom. The van der Waals surface area contributed by atoms with Gasteiger partial charge in [-0.05, 0) is 23.3 Å². The maximum Gasteiger partial charge on any atom is 0.195 e. The van der Waals surface area contributed by atoms with E-state index >= 15 is 0 Å². The summed E-state index contributed by atoms with van der Waals surface area (Å²) in [6.45, 7) is 0. The Kier molecular flexibility index (Phi) is 2.64. The molecule has 4 aromatic rings. The molecule has 0 aliphatic carbocycles. The van der Waals surface area contributed by atoms with Gasteiger partial charge in [0.15, 0.2) is 11.9 Å². The maximum atomic E-state index is 2.18. The first-order chi connectivity index (χ1) is 10.3. The van der Waals surface area contributed by atoms with Gasteiger partial charge in [0.1, 0.15) is 13.2 Å². The predicted molar refractivity (Wildman–Crippen MR) is 82.9 cm³/mol. The Bertz CT molecular complexity index is 883. The minimum Gasteiger partial charge on any atom is -0.155 e. The highest BCUT2D eigenvalue weighted by molar-refractivity contribution is 5.68. The van der Waals surface area contributed by atoms with E-state index in [1.807, 2.05) is 24.5 Å². The SMILES string of the molecule is Cn1c(-c2ccc(-c3ccccc3)cc2)c[n+]2cccn12. The van der Waals surface area contributed by atoms with Crippen molar-refractivity contribution in [1.82, 2.24) is 9.31 Å². The zero-order valence-electron chi connectivity index (χ0n) is 11.8. The second kappa shape index (κ2) is 4.63. The Morgan fingerprint density at radius 2 is 1.43 bits per heavy atom. The van der Waals surface area contributed by atoms with Gasteiger partial charge in [-0.2, -0.15) is 4.68 Å². The maximum absolute atomic E-state index is 2.18. The van der Waals surface area contributed by atoms with Gasteiger partial charge in [0.25, 0.3) is 0 Å². The molecule has 2 aromatic carbocycles. The van der Waals surface area contributed by atoms with Crippen molar-refractivity contribution in [1.29, 1.82) is 0 Å². The molecule has 0 aliphatic rings. The molecule has 0 spiro atoms. The van der Waals surface area contributed by atoms with Crippen LogP contribution >= 0.6 is 0 Å². The Balaban J connectivity index is 1.76. The zero-order chi connectivity index (χ0) is 14.2. The molecule has 0 N–H and O–H groups in total. The summed E-state index contributed by atoms with van der Waals surface area (Å²) in [6.07, 6.45) is 6.22. The van der Waals surface area contributed by atoms with Gasteiger partial charge in [-0.3, -0.25) is 0 Å². The second-order valence-corrected chi connectivity index (χ2v) is 5.17. The van der Waals surface area contributed by atoms with E-state index in [2.05, 4.69) is 75.6 Å². The molecule has 2 aromatic heterocycles. The van der Waals surface area contributed by atoms with Crippen LogP contribution in [0.15, 0.2) is 79.3 Å². The quantitative estimate of drug-likeness (QED) is 0.498. The van der Waals surface area contributed by atoms with Gasteiger partial charge in [0, 0.05) is 11.6 Å². The smallest absolute Gasteiger partial charge is 0.155 e. The van der Waals surface area contributed by atoms with Crippen molar-refractivity contribution < 1.29 is 4.52 Å². The molecule has 0 saturated heterocycles. The van der Waals surface area contributed by atoms with E-state index in [-0.39, 0.29) is 0 Å². The van der Waals surface area contributed by atoms with Crippen LogP contribution in [0.25, 0.3) is 22.4 Å². The summed E-state index contributed by atoms with van der Waals surface area (Å²) in [6, 6.07) is 21.2. The fourth-order valence-electron chi connectivity index (χ4n) is 2.75. The highest BCUT2D eigenvalue weighted by Crippen LogP contribution is 2.23. The fourth-order valence-corrected chi connectivity index (χ4v) is 2.75. The van der Waals surface area contributed by atoms with Crippen molar-refractivity contribution >= 4 is 0 Å². The van der Waals surface area contributed by atoms with Crippen molar-refractivity contribution in [2.45, 2.75) is 0 Å². The molecule has 3 heteroatoms. The molecule has 3 nitrogen and oxygen atoms in total. The van der Waals surface area contributed by atoms with Gasteiger partial charge < -0.3 is 0 Å². The Morgan fingerprint density at radius 3 is 2.14 bits per heavy atom. The first-order valence-corrected chi connectivity index (χ1v) is 7.03. The third kappa shape index (κ3) is 1.94. The van der Waals surface area contributed by atoms with Gasteiger partial charge in [-0.25, -0.2) is 0 Å². The van der Waals surface area contributed by atoms with Gasteiger partial charge >= 0.3 is 0 Å². The minimum atomic E-state index is 1.19. The molecule has 0 atom stereocenters. The lowest BCUT2D eigenvalue weighted by Crippen LogP contribution is -2.24. The van der Waals surface area contributed by atoms with Crippen molar-refractivity contribution in [3.8, 4) is 22.4 Å². The molecule has 0 saturated carbocycles. The normalized spacial score (nSPS) is 11.1. The molecule has 0 unspecified atom stereocenters. The number of fused-ring (bicyclic) bond motifs is 1. The first-order valence-electron chi connectivity index (χ1n) is 7.03. The predicted octanol–water partition coefficient (Wildman–Crippen LogP) is 3.20. The number of hydrogen-bond acceptors (Lipinski definition) is 0. The molecule has 0 fully saturated rings. The van der Waals surface area contributed by atoms with Crippen LogP contribution in [0, 0.1) is 0 Å². The number of nitrogens with zero attached hydrogens (tertiary/aromatic N) is 3. The molecule has 0 radical (unpaired) electrons. The second-order valence-electron chi connectivity index (χ2n) is 5.17. The van der Waals surface area contributed by atoms with Crippen molar-refractivity contribution in [2.75, 3.05) is 0 Å². The van der Waals surface area contributed by atoms with Crippen LogP contribution < -0.4 is 4.52 Å². The van der Waals surface area contributed by atoms with Crippen LogP contribution in [0.5, 0.6) is 0 Å². The van der Waals surface area contributed by atoms with E-state index in [1.54, 1.807) is 0 Å². The standard InChI is InChI=1S/C18H16N3/c1-19-18(14-20-12-5-13-21(19)20)17-10-8-16(9-11-17)15-6-3-2-4-7-15/h2-14H,1H3/q+1. The number of aryl methyl sites for hydroxylation is 1. The summed E-state index contributed by atoms with van der Waals surface area (Å²) in [5.74, 6) is 0. The van der Waals surface area contributed by atoms with E-state index in [1.165, 1.54) is 22.4 Å². The van der Waals surface area contributed by atoms with E-state index in [0.717, 1.165) is 0 Å². The average molecular weight is 274 g/mol. The molecule has 0 bridgehead atoms. The van der Waals surface area contributed by atoms with E-state index in [4.69, 9.17) is 0 Å². The largest absolute Gasteiger partial charge is 0.195 e. The highest BCUT2D eigenvalue weighted by Gasteiger charge is 2.14. The van der Waals surface area contributed by atoms with Gasteiger partial charge in [-0.1, -0.05) is 47.1 Å². The van der Waals surface area contributed by atoms with Crippen LogP contribution in [-0.2, 0) is 7.05 Å². The zero-order valence-corrected chi connectivity index (χ0v) is 11.8. The lowest BCUT2D eigenvalue weighted by Gasteiger charge is -2.02. The molecule has 0 aliphatic heterocycles. The molecular formula is C18H16N3+. The van der Waals surface area contributed by atoms with Crippen LogP contribution in [0.4, 0.5) is 0 Å². The summed E-state index contributed by atoms with van der Waals surface area (Å²) in [5, 5.41) is 0. The number of benzene rings is 2. The molecule has 2 heterocycles. The molecule has 4 rings (SSSR count). The molecular weight excluding hydrogens is 258 g/mol. The molecule has 21 heavy (non-hydrogen) atoms. The summed E-state index contributed by atoms with van der Waals surface area (Å²) < 4.78 is 6.28. The van der Waals surface area contributed by atoms with Crippen molar-refractivity contribution in [3.63, 3.8) is 0 Å². The fraction of sp³-hybridized carbons (Fsp3) is 0.0556. The van der Waals surface area contributed by atoms with Crippen molar-refractivity contribution in [2.24, 2.45) is 7.05 Å². The first kappa shape index (κ1) is 12.0. The minimum absolute atomic E-state index is 1.19. The van der Waals surface area contributed by atoms with Crippen LogP contribution in [0.3, 0.4) is 0 Å². The summed E-state index contributed by atoms with van der Waals surface area (Å²) in [7, 11) is 2.07. The monoisotopic (exact) mass is 274 g/mol.